The maximum Gasteiger partial charge on any atom is 0.256 e. The third kappa shape index (κ3) is 2.07. The van der Waals surface area contributed by atoms with Crippen LogP contribution in [0.1, 0.15) is 0 Å². The van der Waals surface area contributed by atoms with E-state index in [0.717, 1.165) is 6.33 Å². The lowest BCUT2D eigenvalue weighted by Gasteiger charge is -2.05. The van der Waals surface area contributed by atoms with Crippen LogP contribution < -0.4 is 5.14 Å². The Labute approximate surface area is 93.0 Å². The van der Waals surface area contributed by atoms with E-state index >= 15 is 0 Å². The highest BCUT2D eigenvalue weighted by atomic mass is 32.2. The SMILES string of the molecule is NS(=O)(=O)c1ncncc1-c1ccccc1. The van der Waals surface area contributed by atoms with Crippen LogP contribution in [0.25, 0.3) is 11.1 Å². The van der Waals surface area contributed by atoms with Crippen molar-refractivity contribution in [3.63, 3.8) is 0 Å². The molecule has 2 rings (SSSR count). The minimum atomic E-state index is -3.83. The standard InChI is InChI=1S/C10H9N3O2S/c11-16(14,15)10-9(6-12-7-13-10)8-4-2-1-3-5-8/h1-7H,(H2,11,14,15). The van der Waals surface area contributed by atoms with Gasteiger partial charge in [0.25, 0.3) is 10.0 Å². The molecule has 2 N–H and O–H groups in total. The Morgan fingerprint density at radius 1 is 1.12 bits per heavy atom. The minimum absolute atomic E-state index is 0.159. The van der Waals surface area contributed by atoms with Crippen molar-refractivity contribution in [2.45, 2.75) is 5.03 Å². The molecule has 16 heavy (non-hydrogen) atoms. The lowest BCUT2D eigenvalue weighted by atomic mass is 10.1. The van der Waals surface area contributed by atoms with Gasteiger partial charge in [0.2, 0.25) is 0 Å². The van der Waals surface area contributed by atoms with Gasteiger partial charge in [0.1, 0.15) is 6.33 Å². The van der Waals surface area contributed by atoms with E-state index in [9.17, 15) is 8.42 Å². The van der Waals surface area contributed by atoms with Crippen LogP contribution in [0.2, 0.25) is 0 Å². The van der Waals surface area contributed by atoms with Gasteiger partial charge in [0.15, 0.2) is 5.03 Å². The van der Waals surface area contributed by atoms with Crippen LogP contribution in [0.3, 0.4) is 0 Å². The number of hydrogen-bond donors (Lipinski definition) is 1. The second-order valence-electron chi connectivity index (χ2n) is 3.15. The first kappa shape index (κ1) is 10.7. The van der Waals surface area contributed by atoms with E-state index < -0.39 is 10.0 Å². The molecule has 0 spiro atoms. The van der Waals surface area contributed by atoms with Crippen LogP contribution in [0, 0.1) is 0 Å². The van der Waals surface area contributed by atoms with Gasteiger partial charge in [-0.15, -0.1) is 0 Å². The molecule has 1 aromatic carbocycles. The third-order valence-corrected chi connectivity index (χ3v) is 2.89. The monoisotopic (exact) mass is 235 g/mol. The molecule has 0 fully saturated rings. The van der Waals surface area contributed by atoms with Gasteiger partial charge in [-0.05, 0) is 5.56 Å². The summed E-state index contributed by atoms with van der Waals surface area (Å²) in [6.45, 7) is 0. The summed E-state index contributed by atoms with van der Waals surface area (Å²) in [6, 6.07) is 8.98. The molecule has 6 heteroatoms. The molecular formula is C10H9N3O2S. The van der Waals surface area contributed by atoms with Gasteiger partial charge < -0.3 is 0 Å². The van der Waals surface area contributed by atoms with Crippen molar-refractivity contribution in [2.75, 3.05) is 0 Å². The van der Waals surface area contributed by atoms with Crippen molar-refractivity contribution in [1.82, 2.24) is 9.97 Å². The molecule has 0 unspecified atom stereocenters. The predicted octanol–water partition coefficient (Wildman–Crippen LogP) is 0.791. The number of hydrogen-bond acceptors (Lipinski definition) is 4. The average Bonchev–Trinajstić information content (AvgIpc) is 2.29. The molecule has 82 valence electrons. The van der Waals surface area contributed by atoms with Crippen LogP contribution in [-0.4, -0.2) is 18.4 Å². The van der Waals surface area contributed by atoms with Crippen molar-refractivity contribution in [2.24, 2.45) is 5.14 Å². The second kappa shape index (κ2) is 3.99. The number of primary sulfonamides is 1. The van der Waals surface area contributed by atoms with E-state index in [0.29, 0.717) is 11.1 Å². The molecule has 5 nitrogen and oxygen atoms in total. The summed E-state index contributed by atoms with van der Waals surface area (Å²) in [5.41, 5.74) is 1.12. The Kier molecular flexibility index (Phi) is 2.67. The summed E-state index contributed by atoms with van der Waals surface area (Å²) in [4.78, 5) is 7.51. The molecule has 0 saturated carbocycles. The predicted molar refractivity (Wildman–Crippen MR) is 58.8 cm³/mol. The molecule has 0 aliphatic carbocycles. The smallest absolute Gasteiger partial charge is 0.244 e. The normalized spacial score (nSPS) is 11.3. The van der Waals surface area contributed by atoms with E-state index in [1.165, 1.54) is 6.20 Å². The van der Waals surface area contributed by atoms with Gasteiger partial charge in [-0.3, -0.25) is 0 Å². The van der Waals surface area contributed by atoms with Gasteiger partial charge in [0.05, 0.1) is 0 Å². The Morgan fingerprint density at radius 2 is 1.81 bits per heavy atom. The molecule has 0 atom stereocenters. The molecular weight excluding hydrogens is 226 g/mol. The maximum atomic E-state index is 11.3. The van der Waals surface area contributed by atoms with Crippen molar-refractivity contribution < 1.29 is 8.42 Å². The number of nitrogens with two attached hydrogens (primary N) is 1. The van der Waals surface area contributed by atoms with Gasteiger partial charge in [-0.25, -0.2) is 23.5 Å². The lowest BCUT2D eigenvalue weighted by molar-refractivity contribution is 0.594. The van der Waals surface area contributed by atoms with E-state index in [2.05, 4.69) is 9.97 Å². The fraction of sp³-hybridized carbons (Fsp3) is 0. The molecule has 0 saturated heterocycles. The van der Waals surface area contributed by atoms with Crippen molar-refractivity contribution in [1.29, 1.82) is 0 Å². The topological polar surface area (TPSA) is 85.9 Å². The Morgan fingerprint density at radius 3 is 2.44 bits per heavy atom. The van der Waals surface area contributed by atoms with E-state index in [-0.39, 0.29) is 5.03 Å². The summed E-state index contributed by atoms with van der Waals surface area (Å²) in [5.74, 6) is 0. The van der Waals surface area contributed by atoms with Crippen LogP contribution in [0.4, 0.5) is 0 Å². The van der Waals surface area contributed by atoms with Crippen LogP contribution in [0.15, 0.2) is 47.9 Å². The molecule has 0 amide bonds. The van der Waals surface area contributed by atoms with Crippen LogP contribution >= 0.6 is 0 Å². The molecule has 1 heterocycles. The van der Waals surface area contributed by atoms with Crippen LogP contribution in [0.5, 0.6) is 0 Å². The maximum absolute atomic E-state index is 11.3. The minimum Gasteiger partial charge on any atom is -0.244 e. The zero-order valence-corrected chi connectivity index (χ0v) is 9.05. The summed E-state index contributed by atoms with van der Waals surface area (Å²) >= 11 is 0. The Bertz CT molecular complexity index is 596. The van der Waals surface area contributed by atoms with Crippen LogP contribution in [-0.2, 0) is 10.0 Å². The number of nitrogens with zero attached hydrogens (tertiary/aromatic N) is 2. The van der Waals surface area contributed by atoms with Crippen molar-refractivity contribution in [3.05, 3.63) is 42.9 Å². The fourth-order valence-corrected chi connectivity index (χ4v) is 2.03. The summed E-state index contributed by atoms with van der Waals surface area (Å²) in [6.07, 6.45) is 2.59. The zero-order valence-electron chi connectivity index (χ0n) is 8.24. The first-order chi connectivity index (χ1) is 7.59. The lowest BCUT2D eigenvalue weighted by Crippen LogP contribution is -2.15. The number of aromatic nitrogens is 2. The van der Waals surface area contributed by atoms with Gasteiger partial charge in [-0.2, -0.15) is 0 Å². The Hall–Kier alpha value is -1.79. The van der Waals surface area contributed by atoms with E-state index in [4.69, 9.17) is 5.14 Å². The second-order valence-corrected chi connectivity index (χ2v) is 4.63. The fourth-order valence-electron chi connectivity index (χ4n) is 1.36. The Balaban J connectivity index is 2.68. The number of benzene rings is 1. The molecule has 0 aliphatic heterocycles. The quantitative estimate of drug-likeness (QED) is 0.780. The summed E-state index contributed by atoms with van der Waals surface area (Å²) in [5, 5.41) is 4.92. The summed E-state index contributed by atoms with van der Waals surface area (Å²) in [7, 11) is -3.83. The van der Waals surface area contributed by atoms with Gasteiger partial charge in [-0.1, -0.05) is 30.3 Å². The van der Waals surface area contributed by atoms with Crippen molar-refractivity contribution >= 4 is 10.0 Å². The third-order valence-electron chi connectivity index (χ3n) is 2.03. The number of rotatable bonds is 2. The zero-order chi connectivity index (χ0) is 11.6. The molecule has 0 radical (unpaired) electrons. The molecule has 2 aromatic rings. The molecule has 1 aromatic heterocycles. The van der Waals surface area contributed by atoms with Gasteiger partial charge in [0, 0.05) is 11.8 Å². The highest BCUT2D eigenvalue weighted by Gasteiger charge is 2.16. The molecule has 0 aliphatic rings. The highest BCUT2D eigenvalue weighted by Crippen LogP contribution is 2.23. The first-order valence-corrected chi connectivity index (χ1v) is 6.02. The van der Waals surface area contributed by atoms with Gasteiger partial charge >= 0.3 is 0 Å². The van der Waals surface area contributed by atoms with Crippen molar-refractivity contribution in [3.8, 4) is 11.1 Å². The van der Waals surface area contributed by atoms with E-state index in [1.807, 2.05) is 6.07 Å². The van der Waals surface area contributed by atoms with E-state index in [1.54, 1.807) is 24.3 Å². The average molecular weight is 235 g/mol. The number of sulfonamides is 1. The summed E-state index contributed by atoms with van der Waals surface area (Å²) < 4.78 is 22.6. The largest absolute Gasteiger partial charge is 0.256 e. The highest BCUT2D eigenvalue weighted by molar-refractivity contribution is 7.89. The first-order valence-electron chi connectivity index (χ1n) is 4.47. The molecule has 0 bridgehead atoms.